The van der Waals surface area contributed by atoms with Crippen LogP contribution >= 0.6 is 0 Å². The van der Waals surface area contributed by atoms with Crippen molar-refractivity contribution in [3.8, 4) is 0 Å². The zero-order valence-electron chi connectivity index (χ0n) is 11.8. The van der Waals surface area contributed by atoms with E-state index in [-0.39, 0.29) is 12.6 Å². The molecule has 1 fully saturated rings. The van der Waals surface area contributed by atoms with Crippen LogP contribution in [0, 0.1) is 5.92 Å². The highest BCUT2D eigenvalue weighted by molar-refractivity contribution is 4.77. The van der Waals surface area contributed by atoms with Crippen LogP contribution in [0.25, 0.3) is 0 Å². The summed E-state index contributed by atoms with van der Waals surface area (Å²) in [5, 5.41) is 12.7. The lowest BCUT2D eigenvalue weighted by Gasteiger charge is -2.22. The number of aliphatic hydroxyl groups excluding tert-OH is 1. The monoisotopic (exact) mass is 242 g/mol. The molecule has 0 saturated carbocycles. The molecule has 0 aromatic heterocycles. The van der Waals surface area contributed by atoms with E-state index >= 15 is 0 Å². The zero-order chi connectivity index (χ0) is 12.7. The van der Waals surface area contributed by atoms with Gasteiger partial charge in [-0.2, -0.15) is 0 Å². The van der Waals surface area contributed by atoms with Gasteiger partial charge in [0.2, 0.25) is 0 Å². The van der Waals surface area contributed by atoms with Crippen molar-refractivity contribution >= 4 is 0 Å². The van der Waals surface area contributed by atoms with E-state index in [2.05, 4.69) is 31.0 Å². The first-order chi connectivity index (χ1) is 8.15. The number of nitrogens with zero attached hydrogens (tertiary/aromatic N) is 1. The molecular formula is C14H30N2O. The SMILES string of the molecule is CCCC1CCN(CCC(CO)NC(C)C)C1. The molecule has 0 aliphatic carbocycles. The van der Waals surface area contributed by atoms with Gasteiger partial charge in [-0.15, -0.1) is 0 Å². The first kappa shape index (κ1) is 14.9. The van der Waals surface area contributed by atoms with Gasteiger partial charge in [0.25, 0.3) is 0 Å². The fraction of sp³-hybridized carbons (Fsp3) is 1.00. The van der Waals surface area contributed by atoms with E-state index in [9.17, 15) is 5.11 Å². The number of aliphatic hydroxyl groups is 1. The predicted octanol–water partition coefficient (Wildman–Crippen LogP) is 1.86. The van der Waals surface area contributed by atoms with E-state index in [4.69, 9.17) is 0 Å². The van der Waals surface area contributed by atoms with Gasteiger partial charge in [-0.25, -0.2) is 0 Å². The van der Waals surface area contributed by atoms with E-state index in [0.717, 1.165) is 18.9 Å². The topological polar surface area (TPSA) is 35.5 Å². The van der Waals surface area contributed by atoms with Crippen LogP contribution in [0.15, 0.2) is 0 Å². The summed E-state index contributed by atoms with van der Waals surface area (Å²) in [6.07, 6.45) is 5.12. The second kappa shape index (κ2) is 8.06. The lowest BCUT2D eigenvalue weighted by Crippen LogP contribution is -2.40. The van der Waals surface area contributed by atoms with Crippen molar-refractivity contribution in [3.63, 3.8) is 0 Å². The summed E-state index contributed by atoms with van der Waals surface area (Å²) >= 11 is 0. The molecule has 1 heterocycles. The molecule has 3 nitrogen and oxygen atoms in total. The van der Waals surface area contributed by atoms with Crippen molar-refractivity contribution < 1.29 is 5.11 Å². The van der Waals surface area contributed by atoms with Crippen LogP contribution in [0.1, 0.15) is 46.5 Å². The lowest BCUT2D eigenvalue weighted by molar-refractivity contribution is 0.209. The van der Waals surface area contributed by atoms with Gasteiger partial charge < -0.3 is 15.3 Å². The van der Waals surface area contributed by atoms with E-state index in [1.807, 2.05) is 0 Å². The van der Waals surface area contributed by atoms with E-state index in [0.29, 0.717) is 6.04 Å². The molecule has 102 valence electrons. The number of rotatable bonds is 8. The fourth-order valence-electron chi connectivity index (χ4n) is 2.80. The molecular weight excluding hydrogens is 212 g/mol. The minimum atomic E-state index is 0.254. The molecule has 1 saturated heterocycles. The Morgan fingerprint density at radius 2 is 2.18 bits per heavy atom. The summed E-state index contributed by atoms with van der Waals surface area (Å²) in [4.78, 5) is 2.56. The molecule has 2 atom stereocenters. The van der Waals surface area contributed by atoms with Crippen molar-refractivity contribution in [3.05, 3.63) is 0 Å². The molecule has 1 aliphatic rings. The van der Waals surface area contributed by atoms with Gasteiger partial charge >= 0.3 is 0 Å². The first-order valence-corrected chi connectivity index (χ1v) is 7.25. The van der Waals surface area contributed by atoms with Gasteiger partial charge in [0.05, 0.1) is 6.61 Å². The van der Waals surface area contributed by atoms with Crippen molar-refractivity contribution in [2.45, 2.75) is 58.5 Å². The van der Waals surface area contributed by atoms with Gasteiger partial charge in [0.1, 0.15) is 0 Å². The Bertz CT molecular complexity index is 197. The van der Waals surface area contributed by atoms with Crippen LogP contribution in [0.5, 0.6) is 0 Å². The Kier molecular flexibility index (Phi) is 7.09. The summed E-state index contributed by atoms with van der Waals surface area (Å²) in [5.41, 5.74) is 0. The molecule has 0 aromatic rings. The number of nitrogens with one attached hydrogen (secondary N) is 1. The van der Waals surface area contributed by atoms with Gasteiger partial charge in [0, 0.05) is 18.6 Å². The smallest absolute Gasteiger partial charge is 0.0585 e. The Morgan fingerprint density at radius 1 is 1.41 bits per heavy atom. The van der Waals surface area contributed by atoms with E-state index in [1.165, 1.54) is 32.4 Å². The molecule has 0 radical (unpaired) electrons. The minimum absolute atomic E-state index is 0.254. The quantitative estimate of drug-likeness (QED) is 0.682. The van der Waals surface area contributed by atoms with Gasteiger partial charge in [-0.3, -0.25) is 0 Å². The molecule has 0 bridgehead atoms. The third kappa shape index (κ3) is 5.84. The predicted molar refractivity (Wildman–Crippen MR) is 73.2 cm³/mol. The van der Waals surface area contributed by atoms with Crippen molar-refractivity contribution in [2.75, 3.05) is 26.2 Å². The lowest BCUT2D eigenvalue weighted by atomic mass is 10.0. The highest BCUT2D eigenvalue weighted by Crippen LogP contribution is 2.20. The van der Waals surface area contributed by atoms with E-state index in [1.54, 1.807) is 0 Å². The molecule has 1 rings (SSSR count). The van der Waals surface area contributed by atoms with E-state index < -0.39 is 0 Å². The second-order valence-electron chi connectivity index (χ2n) is 5.73. The van der Waals surface area contributed by atoms with Crippen LogP contribution in [0.2, 0.25) is 0 Å². The maximum Gasteiger partial charge on any atom is 0.0585 e. The van der Waals surface area contributed by atoms with Crippen LogP contribution < -0.4 is 5.32 Å². The summed E-state index contributed by atoms with van der Waals surface area (Å²) < 4.78 is 0. The first-order valence-electron chi connectivity index (χ1n) is 7.25. The fourth-order valence-corrected chi connectivity index (χ4v) is 2.80. The highest BCUT2D eigenvalue weighted by atomic mass is 16.3. The molecule has 3 heteroatoms. The van der Waals surface area contributed by atoms with Crippen molar-refractivity contribution in [1.82, 2.24) is 10.2 Å². The average Bonchev–Trinajstić information content (AvgIpc) is 2.72. The van der Waals surface area contributed by atoms with Gasteiger partial charge in [-0.1, -0.05) is 27.2 Å². The summed E-state index contributed by atoms with van der Waals surface area (Å²) in [6, 6.07) is 0.721. The molecule has 1 aliphatic heterocycles. The van der Waals surface area contributed by atoms with Gasteiger partial charge in [-0.05, 0) is 38.3 Å². The largest absolute Gasteiger partial charge is 0.395 e. The Balaban J connectivity index is 2.17. The van der Waals surface area contributed by atoms with Crippen LogP contribution in [-0.2, 0) is 0 Å². The average molecular weight is 242 g/mol. The number of likely N-dealkylation sites (tertiary alicyclic amines) is 1. The Hall–Kier alpha value is -0.120. The molecule has 0 amide bonds. The molecule has 0 spiro atoms. The molecule has 0 aromatic carbocycles. The standard InChI is InChI=1S/C14H30N2O/c1-4-5-13-6-8-16(10-13)9-7-14(11-17)15-12(2)3/h12-15,17H,4-11H2,1-3H3. The maximum atomic E-state index is 9.30. The van der Waals surface area contributed by atoms with Crippen LogP contribution in [-0.4, -0.2) is 48.3 Å². The Morgan fingerprint density at radius 3 is 2.76 bits per heavy atom. The van der Waals surface area contributed by atoms with Gasteiger partial charge in [0.15, 0.2) is 0 Å². The Labute approximate surface area is 107 Å². The van der Waals surface area contributed by atoms with Crippen molar-refractivity contribution in [2.24, 2.45) is 5.92 Å². The normalized spacial score (nSPS) is 23.5. The summed E-state index contributed by atoms with van der Waals surface area (Å²) in [5.74, 6) is 0.922. The molecule has 2 N–H and O–H groups in total. The summed E-state index contributed by atoms with van der Waals surface area (Å²) in [7, 11) is 0. The van der Waals surface area contributed by atoms with Crippen LogP contribution in [0.4, 0.5) is 0 Å². The number of hydrogen-bond acceptors (Lipinski definition) is 3. The third-order valence-corrected chi connectivity index (χ3v) is 3.65. The summed E-state index contributed by atoms with van der Waals surface area (Å²) in [6.45, 7) is 10.5. The molecule has 17 heavy (non-hydrogen) atoms. The molecule has 2 unspecified atom stereocenters. The zero-order valence-corrected chi connectivity index (χ0v) is 11.8. The third-order valence-electron chi connectivity index (χ3n) is 3.65. The minimum Gasteiger partial charge on any atom is -0.395 e. The second-order valence-corrected chi connectivity index (χ2v) is 5.73. The number of hydrogen-bond donors (Lipinski definition) is 2. The van der Waals surface area contributed by atoms with Crippen molar-refractivity contribution in [1.29, 1.82) is 0 Å². The maximum absolute atomic E-state index is 9.30. The highest BCUT2D eigenvalue weighted by Gasteiger charge is 2.22. The van der Waals surface area contributed by atoms with Crippen LogP contribution in [0.3, 0.4) is 0 Å².